The lowest BCUT2D eigenvalue weighted by Crippen LogP contribution is -2.36. The predicted octanol–water partition coefficient (Wildman–Crippen LogP) is 3.60. The van der Waals surface area contributed by atoms with E-state index in [-0.39, 0.29) is 24.2 Å². The number of para-hydroxylation sites is 1. The van der Waals surface area contributed by atoms with Gasteiger partial charge in [0.15, 0.2) is 0 Å². The van der Waals surface area contributed by atoms with Gasteiger partial charge in [-0.1, -0.05) is 12.1 Å². The summed E-state index contributed by atoms with van der Waals surface area (Å²) in [4.78, 5) is 24.4. The number of benzene rings is 1. The Kier molecular flexibility index (Phi) is 6.84. The van der Waals surface area contributed by atoms with Crippen LogP contribution in [0.15, 0.2) is 36.4 Å². The molecule has 5 nitrogen and oxygen atoms in total. The Morgan fingerprint density at radius 3 is 2.56 bits per heavy atom. The minimum Gasteiger partial charge on any atom is -0.491 e. The highest BCUT2D eigenvalue weighted by atomic mass is 32.1. The Balaban J connectivity index is 1.90. The molecule has 0 radical (unpaired) electrons. The molecule has 2 aromatic rings. The summed E-state index contributed by atoms with van der Waals surface area (Å²) < 4.78 is 44.1. The summed E-state index contributed by atoms with van der Waals surface area (Å²) in [6, 6.07) is 7.79. The molecule has 146 valence electrons. The van der Waals surface area contributed by atoms with Gasteiger partial charge in [0.25, 0.3) is 5.91 Å². The van der Waals surface area contributed by atoms with Crippen molar-refractivity contribution >= 4 is 23.2 Å². The number of carbonyl (C=O) groups is 2. The summed E-state index contributed by atoms with van der Waals surface area (Å²) in [5.41, 5.74) is -0.857. The molecule has 0 aliphatic carbocycles. The third kappa shape index (κ3) is 6.28. The molecule has 0 aliphatic rings. The van der Waals surface area contributed by atoms with Gasteiger partial charge in [-0.25, -0.2) is 0 Å². The lowest BCUT2D eigenvalue weighted by Gasteiger charge is -2.17. The molecular formula is C18H19F3N2O3S. The Hall–Kier alpha value is -2.55. The minimum absolute atomic E-state index is 0.108. The summed E-state index contributed by atoms with van der Waals surface area (Å²) in [6.45, 7) is 3.27. The third-order valence-electron chi connectivity index (χ3n) is 3.46. The second kappa shape index (κ2) is 8.90. The average Bonchev–Trinajstić information content (AvgIpc) is 3.07. The zero-order valence-corrected chi connectivity index (χ0v) is 15.5. The molecule has 0 saturated carbocycles. The van der Waals surface area contributed by atoms with E-state index in [1.54, 1.807) is 19.1 Å². The lowest BCUT2D eigenvalue weighted by molar-refractivity contribution is -0.139. The first kappa shape index (κ1) is 20.8. The molecular weight excluding hydrogens is 381 g/mol. The third-order valence-corrected chi connectivity index (χ3v) is 4.54. The van der Waals surface area contributed by atoms with Crippen molar-refractivity contribution in [1.29, 1.82) is 0 Å². The van der Waals surface area contributed by atoms with Crippen molar-refractivity contribution < 1.29 is 27.5 Å². The number of hydrogen-bond acceptors (Lipinski definition) is 4. The van der Waals surface area contributed by atoms with Crippen molar-refractivity contribution in [3.8, 4) is 5.75 Å². The minimum atomic E-state index is -4.51. The summed E-state index contributed by atoms with van der Waals surface area (Å²) in [5, 5.41) is 5.32. The van der Waals surface area contributed by atoms with E-state index < -0.39 is 17.8 Å². The normalized spacial score (nSPS) is 12.3. The van der Waals surface area contributed by atoms with E-state index >= 15 is 0 Å². The molecule has 2 amide bonds. The fourth-order valence-corrected chi connectivity index (χ4v) is 3.04. The van der Waals surface area contributed by atoms with Crippen LogP contribution in [-0.2, 0) is 17.5 Å². The number of nitrogens with one attached hydrogen (secondary N) is 2. The molecule has 1 heterocycles. The van der Waals surface area contributed by atoms with Crippen LogP contribution in [0.2, 0.25) is 0 Å². The van der Waals surface area contributed by atoms with Crippen LogP contribution in [0.25, 0.3) is 0 Å². The molecule has 2 rings (SSSR count). The van der Waals surface area contributed by atoms with Crippen LogP contribution < -0.4 is 15.4 Å². The first-order valence-corrected chi connectivity index (χ1v) is 8.91. The molecule has 1 aromatic carbocycles. The molecule has 1 unspecified atom stereocenters. The Labute approximate surface area is 158 Å². The second-order valence-corrected chi connectivity index (χ2v) is 7.02. The largest absolute Gasteiger partial charge is 0.491 e. The van der Waals surface area contributed by atoms with Gasteiger partial charge in [-0.2, -0.15) is 13.2 Å². The molecule has 9 heteroatoms. The van der Waals surface area contributed by atoms with Gasteiger partial charge in [0.2, 0.25) is 5.91 Å². The van der Waals surface area contributed by atoms with Crippen molar-refractivity contribution in [1.82, 2.24) is 10.6 Å². The molecule has 1 aromatic heterocycles. The standard InChI is InChI=1S/C18H19F3N2O3S/c1-11(10-26-15-6-4-3-5-14(15)18(19,20)21)23-17(25)16-8-7-13(27-16)9-22-12(2)24/h3-8,11H,9-10H2,1-2H3,(H,22,24)(H,23,25). The number of carbonyl (C=O) groups excluding carboxylic acids is 2. The van der Waals surface area contributed by atoms with E-state index in [9.17, 15) is 22.8 Å². The highest BCUT2D eigenvalue weighted by Gasteiger charge is 2.34. The van der Waals surface area contributed by atoms with E-state index in [4.69, 9.17) is 4.74 Å². The van der Waals surface area contributed by atoms with Crippen molar-refractivity contribution in [3.63, 3.8) is 0 Å². The topological polar surface area (TPSA) is 67.4 Å². The molecule has 0 aliphatic heterocycles. The van der Waals surface area contributed by atoms with Crippen LogP contribution in [0, 0.1) is 0 Å². The molecule has 0 bridgehead atoms. The Bertz CT molecular complexity index is 805. The molecule has 0 saturated heterocycles. The summed E-state index contributed by atoms with van der Waals surface area (Å²) in [7, 11) is 0. The van der Waals surface area contributed by atoms with Gasteiger partial charge >= 0.3 is 6.18 Å². The van der Waals surface area contributed by atoms with Crippen LogP contribution >= 0.6 is 11.3 Å². The van der Waals surface area contributed by atoms with Crippen LogP contribution in [-0.4, -0.2) is 24.5 Å². The van der Waals surface area contributed by atoms with Crippen molar-refractivity contribution in [2.75, 3.05) is 6.61 Å². The zero-order valence-electron chi connectivity index (χ0n) is 14.7. The smallest absolute Gasteiger partial charge is 0.419 e. The van der Waals surface area contributed by atoms with Crippen LogP contribution in [0.1, 0.15) is 34.0 Å². The maximum Gasteiger partial charge on any atom is 0.419 e. The average molecular weight is 400 g/mol. The summed E-state index contributed by atoms with van der Waals surface area (Å²) >= 11 is 1.23. The second-order valence-electron chi connectivity index (χ2n) is 5.86. The maximum absolute atomic E-state index is 12.9. The molecule has 0 spiro atoms. The van der Waals surface area contributed by atoms with Gasteiger partial charge < -0.3 is 15.4 Å². The first-order chi connectivity index (χ1) is 12.7. The van der Waals surface area contributed by atoms with Gasteiger partial charge in [0.05, 0.1) is 23.0 Å². The van der Waals surface area contributed by atoms with E-state index in [1.807, 2.05) is 0 Å². The number of halogens is 3. The zero-order chi connectivity index (χ0) is 20.0. The predicted molar refractivity (Wildman–Crippen MR) is 95.7 cm³/mol. The number of rotatable bonds is 7. The first-order valence-electron chi connectivity index (χ1n) is 8.10. The SMILES string of the molecule is CC(=O)NCc1ccc(C(=O)NC(C)COc2ccccc2C(F)(F)F)s1. The molecule has 27 heavy (non-hydrogen) atoms. The van der Waals surface area contributed by atoms with Crippen molar-refractivity contribution in [2.45, 2.75) is 32.6 Å². The van der Waals surface area contributed by atoms with Gasteiger partial charge in [-0.15, -0.1) is 11.3 Å². The maximum atomic E-state index is 12.9. The Morgan fingerprint density at radius 1 is 1.19 bits per heavy atom. The highest BCUT2D eigenvalue weighted by Crippen LogP contribution is 2.35. The van der Waals surface area contributed by atoms with E-state index in [0.29, 0.717) is 11.4 Å². The number of hydrogen-bond donors (Lipinski definition) is 2. The number of thiophene rings is 1. The van der Waals surface area contributed by atoms with E-state index in [2.05, 4.69) is 10.6 Å². The number of amides is 2. The highest BCUT2D eigenvalue weighted by molar-refractivity contribution is 7.14. The summed E-state index contributed by atoms with van der Waals surface area (Å²) in [5.74, 6) is -0.798. The monoisotopic (exact) mass is 400 g/mol. The van der Waals surface area contributed by atoms with Gasteiger partial charge in [-0.3, -0.25) is 9.59 Å². The lowest BCUT2D eigenvalue weighted by atomic mass is 10.2. The van der Waals surface area contributed by atoms with Gasteiger partial charge in [-0.05, 0) is 31.2 Å². The fourth-order valence-electron chi connectivity index (χ4n) is 2.18. The van der Waals surface area contributed by atoms with Crippen LogP contribution in [0.4, 0.5) is 13.2 Å². The van der Waals surface area contributed by atoms with E-state index in [0.717, 1.165) is 10.9 Å². The van der Waals surface area contributed by atoms with Crippen molar-refractivity contribution in [3.05, 3.63) is 51.7 Å². The fraction of sp³-hybridized carbons (Fsp3) is 0.333. The number of ether oxygens (including phenoxy) is 1. The number of alkyl halides is 3. The van der Waals surface area contributed by atoms with Gasteiger partial charge in [0.1, 0.15) is 12.4 Å². The van der Waals surface area contributed by atoms with Gasteiger partial charge in [0, 0.05) is 11.8 Å². The van der Waals surface area contributed by atoms with Crippen LogP contribution in [0.5, 0.6) is 5.75 Å². The molecule has 2 N–H and O–H groups in total. The molecule has 1 atom stereocenters. The quantitative estimate of drug-likeness (QED) is 0.746. The van der Waals surface area contributed by atoms with Crippen LogP contribution in [0.3, 0.4) is 0 Å². The Morgan fingerprint density at radius 2 is 1.89 bits per heavy atom. The molecule has 0 fully saturated rings. The summed E-state index contributed by atoms with van der Waals surface area (Å²) in [6.07, 6.45) is -4.51. The van der Waals surface area contributed by atoms with E-state index in [1.165, 1.54) is 36.5 Å². The van der Waals surface area contributed by atoms with Crippen molar-refractivity contribution in [2.24, 2.45) is 0 Å².